The van der Waals surface area contributed by atoms with Gasteiger partial charge in [0.2, 0.25) is 0 Å². The molecule has 98 valence electrons. The zero-order chi connectivity index (χ0) is 13.2. The van der Waals surface area contributed by atoms with Crippen molar-refractivity contribution in [2.45, 2.75) is 25.3 Å². The lowest BCUT2D eigenvalue weighted by Crippen LogP contribution is -2.52. The Labute approximate surface area is 111 Å². The molecule has 18 heavy (non-hydrogen) atoms. The van der Waals surface area contributed by atoms with E-state index in [1.807, 2.05) is 6.92 Å². The number of benzene rings is 1. The Morgan fingerprint density at radius 2 is 2.11 bits per heavy atom. The quantitative estimate of drug-likeness (QED) is 0.866. The van der Waals surface area contributed by atoms with Gasteiger partial charge in [0.05, 0.1) is 10.6 Å². The number of hydrogen-bond acceptors (Lipinski definition) is 2. The average Bonchev–Trinajstić information content (AvgIpc) is 2.33. The monoisotopic (exact) mass is 270 g/mol. The van der Waals surface area contributed by atoms with Crippen LogP contribution in [0.4, 0.5) is 4.39 Å². The van der Waals surface area contributed by atoms with Crippen molar-refractivity contribution in [3.05, 3.63) is 34.6 Å². The Kier molecular flexibility index (Phi) is 3.88. The van der Waals surface area contributed by atoms with Crippen molar-refractivity contribution < 1.29 is 9.18 Å². The van der Waals surface area contributed by atoms with Crippen LogP contribution in [0.15, 0.2) is 18.2 Å². The number of carbonyl (C=O) groups is 1. The molecule has 1 aromatic rings. The number of amides is 1. The van der Waals surface area contributed by atoms with Gasteiger partial charge in [-0.1, -0.05) is 17.7 Å². The highest BCUT2D eigenvalue weighted by atomic mass is 35.5. The summed E-state index contributed by atoms with van der Waals surface area (Å²) in [5.74, 6) is -1.06. The minimum atomic E-state index is -0.658. The van der Waals surface area contributed by atoms with Crippen LogP contribution in [0.3, 0.4) is 0 Å². The number of nitrogens with one attached hydrogen (secondary N) is 2. The molecule has 1 aromatic carbocycles. The smallest absolute Gasteiger partial charge is 0.254 e. The van der Waals surface area contributed by atoms with Gasteiger partial charge in [0.15, 0.2) is 5.82 Å². The van der Waals surface area contributed by atoms with Crippen molar-refractivity contribution in [1.82, 2.24) is 10.6 Å². The first kappa shape index (κ1) is 13.3. The number of carbonyl (C=O) groups excluding carboxylic acids is 1. The fraction of sp³-hybridized carbons (Fsp3) is 0.462. The maximum atomic E-state index is 13.7. The third kappa shape index (κ3) is 2.82. The predicted molar refractivity (Wildman–Crippen MR) is 69.4 cm³/mol. The first-order valence-electron chi connectivity index (χ1n) is 5.99. The van der Waals surface area contributed by atoms with Crippen molar-refractivity contribution in [3.8, 4) is 0 Å². The predicted octanol–water partition coefficient (Wildman–Crippen LogP) is 2.35. The average molecular weight is 271 g/mol. The molecule has 1 fully saturated rings. The highest BCUT2D eigenvalue weighted by Gasteiger charge is 2.29. The zero-order valence-electron chi connectivity index (χ0n) is 10.2. The molecule has 5 heteroatoms. The fourth-order valence-corrected chi connectivity index (χ4v) is 2.30. The Balaban J connectivity index is 2.14. The molecule has 0 unspecified atom stereocenters. The molecule has 0 bridgehead atoms. The number of rotatable bonds is 2. The van der Waals surface area contributed by atoms with Crippen LogP contribution in [0, 0.1) is 5.82 Å². The van der Waals surface area contributed by atoms with Crippen molar-refractivity contribution in [2.24, 2.45) is 0 Å². The number of halogens is 2. The van der Waals surface area contributed by atoms with Crippen LogP contribution in [-0.4, -0.2) is 24.5 Å². The van der Waals surface area contributed by atoms with E-state index in [0.717, 1.165) is 25.9 Å². The summed E-state index contributed by atoms with van der Waals surface area (Å²) in [5, 5.41) is 6.10. The Bertz CT molecular complexity index is 458. The van der Waals surface area contributed by atoms with Crippen LogP contribution in [0.25, 0.3) is 0 Å². The van der Waals surface area contributed by atoms with Crippen LogP contribution in [0.5, 0.6) is 0 Å². The van der Waals surface area contributed by atoms with Crippen LogP contribution in [0.2, 0.25) is 5.02 Å². The van der Waals surface area contributed by atoms with E-state index < -0.39 is 11.7 Å². The van der Waals surface area contributed by atoms with E-state index in [-0.39, 0.29) is 16.1 Å². The molecule has 0 spiro atoms. The largest absolute Gasteiger partial charge is 0.347 e. The van der Waals surface area contributed by atoms with Gasteiger partial charge in [-0.3, -0.25) is 4.79 Å². The molecule has 0 saturated carbocycles. The van der Waals surface area contributed by atoms with Gasteiger partial charge in [-0.15, -0.1) is 0 Å². The van der Waals surface area contributed by atoms with E-state index in [4.69, 9.17) is 11.6 Å². The molecule has 0 atom stereocenters. The summed E-state index contributed by atoms with van der Waals surface area (Å²) >= 11 is 5.67. The lowest BCUT2D eigenvalue weighted by Gasteiger charge is -2.35. The third-order valence-corrected chi connectivity index (χ3v) is 3.61. The minimum absolute atomic E-state index is 0.00209. The van der Waals surface area contributed by atoms with Crippen molar-refractivity contribution in [2.75, 3.05) is 13.1 Å². The standard InChI is InChI=1S/C13H16ClFN2O/c1-13(5-7-16-8-6-13)17-12(18)9-3-2-4-10(14)11(9)15/h2-4,16H,5-8H2,1H3,(H,17,18). The van der Waals surface area contributed by atoms with Crippen molar-refractivity contribution >= 4 is 17.5 Å². The summed E-state index contributed by atoms with van der Waals surface area (Å²) in [6.07, 6.45) is 1.67. The Morgan fingerprint density at radius 1 is 1.44 bits per heavy atom. The summed E-state index contributed by atoms with van der Waals surface area (Å²) in [7, 11) is 0. The third-order valence-electron chi connectivity index (χ3n) is 3.32. The second-order valence-electron chi connectivity index (χ2n) is 4.87. The normalized spacial score (nSPS) is 18.4. The SMILES string of the molecule is CC1(NC(=O)c2cccc(Cl)c2F)CCNCC1. The van der Waals surface area contributed by atoms with Gasteiger partial charge in [-0.25, -0.2) is 4.39 Å². The minimum Gasteiger partial charge on any atom is -0.347 e. The summed E-state index contributed by atoms with van der Waals surface area (Å²) in [5.41, 5.74) is -0.279. The summed E-state index contributed by atoms with van der Waals surface area (Å²) in [6, 6.07) is 4.45. The zero-order valence-corrected chi connectivity index (χ0v) is 11.0. The van der Waals surface area contributed by atoms with E-state index in [1.54, 1.807) is 6.07 Å². The summed E-state index contributed by atoms with van der Waals surface area (Å²) < 4.78 is 13.7. The molecule has 0 radical (unpaired) electrons. The van der Waals surface area contributed by atoms with Gasteiger partial charge < -0.3 is 10.6 Å². The van der Waals surface area contributed by atoms with Crippen LogP contribution in [0.1, 0.15) is 30.1 Å². The van der Waals surface area contributed by atoms with Gasteiger partial charge in [-0.05, 0) is 45.0 Å². The highest BCUT2D eigenvalue weighted by Crippen LogP contribution is 2.21. The molecular formula is C13H16ClFN2O. The second-order valence-corrected chi connectivity index (χ2v) is 5.27. The molecule has 1 heterocycles. The first-order valence-corrected chi connectivity index (χ1v) is 6.37. The van der Waals surface area contributed by atoms with Crippen LogP contribution < -0.4 is 10.6 Å². The first-order chi connectivity index (χ1) is 8.52. The lowest BCUT2D eigenvalue weighted by atomic mass is 9.90. The molecule has 1 saturated heterocycles. The summed E-state index contributed by atoms with van der Waals surface area (Å²) in [6.45, 7) is 3.69. The molecule has 3 nitrogen and oxygen atoms in total. The molecule has 0 aliphatic carbocycles. The van der Waals surface area contributed by atoms with Gasteiger partial charge in [0.1, 0.15) is 0 Å². The van der Waals surface area contributed by atoms with Gasteiger partial charge in [0.25, 0.3) is 5.91 Å². The van der Waals surface area contributed by atoms with Crippen LogP contribution >= 0.6 is 11.6 Å². The molecule has 1 aliphatic heterocycles. The van der Waals surface area contributed by atoms with E-state index >= 15 is 0 Å². The maximum Gasteiger partial charge on any atom is 0.254 e. The second kappa shape index (κ2) is 5.24. The van der Waals surface area contributed by atoms with Crippen molar-refractivity contribution in [1.29, 1.82) is 0 Å². The molecule has 1 amide bonds. The fourth-order valence-electron chi connectivity index (χ4n) is 2.12. The summed E-state index contributed by atoms with van der Waals surface area (Å²) in [4.78, 5) is 12.1. The maximum absolute atomic E-state index is 13.7. The number of piperidine rings is 1. The highest BCUT2D eigenvalue weighted by molar-refractivity contribution is 6.31. The van der Waals surface area contributed by atoms with E-state index in [9.17, 15) is 9.18 Å². The van der Waals surface area contributed by atoms with Gasteiger partial charge in [0, 0.05) is 5.54 Å². The molecule has 1 aliphatic rings. The Hall–Kier alpha value is -1.13. The lowest BCUT2D eigenvalue weighted by molar-refractivity contribution is 0.0883. The van der Waals surface area contributed by atoms with E-state index in [0.29, 0.717) is 0 Å². The Morgan fingerprint density at radius 3 is 2.78 bits per heavy atom. The topological polar surface area (TPSA) is 41.1 Å². The van der Waals surface area contributed by atoms with E-state index in [2.05, 4.69) is 10.6 Å². The van der Waals surface area contributed by atoms with Crippen molar-refractivity contribution in [3.63, 3.8) is 0 Å². The number of hydrogen-bond donors (Lipinski definition) is 2. The molecule has 2 N–H and O–H groups in total. The molecule has 2 rings (SSSR count). The molecular weight excluding hydrogens is 255 g/mol. The van der Waals surface area contributed by atoms with E-state index in [1.165, 1.54) is 12.1 Å². The van der Waals surface area contributed by atoms with Gasteiger partial charge >= 0.3 is 0 Å². The van der Waals surface area contributed by atoms with Gasteiger partial charge in [-0.2, -0.15) is 0 Å². The van der Waals surface area contributed by atoms with Crippen LogP contribution in [-0.2, 0) is 0 Å². The molecule has 0 aromatic heterocycles.